The third-order valence-corrected chi connectivity index (χ3v) is 2.99. The van der Waals surface area contributed by atoms with Gasteiger partial charge in [-0.05, 0) is 18.1 Å². The Morgan fingerprint density at radius 3 is 2.35 bits per heavy atom. The van der Waals surface area contributed by atoms with Gasteiger partial charge in [0.25, 0.3) is 0 Å². The number of ketones is 1. The molecular formula is C14H19NO2. The van der Waals surface area contributed by atoms with Gasteiger partial charge in [-0.25, -0.2) is 0 Å². The van der Waals surface area contributed by atoms with Gasteiger partial charge in [-0.2, -0.15) is 0 Å². The van der Waals surface area contributed by atoms with Crippen molar-refractivity contribution >= 4 is 5.78 Å². The number of nitrogens with zero attached hydrogens (tertiary/aromatic N) is 1. The Labute approximate surface area is 102 Å². The van der Waals surface area contributed by atoms with Gasteiger partial charge in [0.2, 0.25) is 0 Å². The Hall–Kier alpha value is -1.19. The summed E-state index contributed by atoms with van der Waals surface area (Å²) in [5, 5.41) is 0. The van der Waals surface area contributed by atoms with Gasteiger partial charge >= 0.3 is 0 Å². The molecule has 2 rings (SSSR count). The summed E-state index contributed by atoms with van der Waals surface area (Å²) in [7, 11) is 0. The number of hydrogen-bond acceptors (Lipinski definition) is 3. The predicted octanol–water partition coefficient (Wildman–Crippen LogP) is 1.65. The van der Waals surface area contributed by atoms with Crippen LogP contribution in [0, 0.1) is 0 Å². The van der Waals surface area contributed by atoms with E-state index in [9.17, 15) is 4.79 Å². The molecule has 0 aromatic heterocycles. The fourth-order valence-corrected chi connectivity index (χ4v) is 2.07. The van der Waals surface area contributed by atoms with Crippen molar-refractivity contribution in [3.63, 3.8) is 0 Å². The Balaban J connectivity index is 1.90. The lowest BCUT2D eigenvalue weighted by Gasteiger charge is -2.26. The lowest BCUT2D eigenvalue weighted by atomic mass is 10.1. The minimum absolute atomic E-state index is 0.214. The van der Waals surface area contributed by atoms with E-state index < -0.39 is 0 Å². The fourth-order valence-electron chi connectivity index (χ4n) is 2.07. The summed E-state index contributed by atoms with van der Waals surface area (Å²) in [4.78, 5) is 13.4. The molecule has 1 aliphatic heterocycles. The van der Waals surface area contributed by atoms with Crippen molar-refractivity contribution in [2.75, 3.05) is 26.3 Å². The van der Waals surface area contributed by atoms with Crippen LogP contribution in [0.2, 0.25) is 0 Å². The van der Waals surface area contributed by atoms with Crippen LogP contribution in [0.1, 0.15) is 18.1 Å². The summed E-state index contributed by atoms with van der Waals surface area (Å²) >= 11 is 0. The van der Waals surface area contributed by atoms with Crippen LogP contribution in [0.5, 0.6) is 0 Å². The first-order chi connectivity index (χ1) is 8.24. The summed E-state index contributed by atoms with van der Waals surface area (Å²) in [5.41, 5.74) is 2.41. The summed E-state index contributed by atoms with van der Waals surface area (Å²) in [6, 6.07) is 8.34. The average molecular weight is 233 g/mol. The summed E-state index contributed by atoms with van der Waals surface area (Å²) < 4.78 is 5.32. The van der Waals surface area contributed by atoms with E-state index in [2.05, 4.69) is 29.2 Å². The van der Waals surface area contributed by atoms with Gasteiger partial charge < -0.3 is 4.74 Å². The minimum Gasteiger partial charge on any atom is -0.379 e. The molecule has 0 N–H and O–H groups in total. The van der Waals surface area contributed by atoms with Crippen molar-refractivity contribution < 1.29 is 9.53 Å². The average Bonchev–Trinajstić information content (AvgIpc) is 2.32. The van der Waals surface area contributed by atoms with Crippen molar-refractivity contribution in [2.24, 2.45) is 0 Å². The Morgan fingerprint density at radius 2 is 1.76 bits per heavy atom. The lowest BCUT2D eigenvalue weighted by molar-refractivity contribution is -0.116. The molecule has 0 aliphatic carbocycles. The quantitative estimate of drug-likeness (QED) is 0.792. The van der Waals surface area contributed by atoms with Crippen molar-refractivity contribution in [2.45, 2.75) is 19.9 Å². The Morgan fingerprint density at radius 1 is 1.18 bits per heavy atom. The number of ether oxygens (including phenoxy) is 1. The van der Waals surface area contributed by atoms with E-state index in [4.69, 9.17) is 4.74 Å². The first-order valence-corrected chi connectivity index (χ1v) is 6.11. The molecule has 0 bridgehead atoms. The Kier molecular flexibility index (Phi) is 4.29. The Bertz CT molecular complexity index is 366. The zero-order chi connectivity index (χ0) is 12.1. The van der Waals surface area contributed by atoms with E-state index in [0.29, 0.717) is 6.42 Å². The van der Waals surface area contributed by atoms with Crippen LogP contribution in [0.15, 0.2) is 24.3 Å². The van der Waals surface area contributed by atoms with E-state index in [-0.39, 0.29) is 5.78 Å². The maximum atomic E-state index is 11.0. The molecule has 92 valence electrons. The monoisotopic (exact) mass is 233 g/mol. The highest BCUT2D eigenvalue weighted by atomic mass is 16.5. The second-order valence-corrected chi connectivity index (χ2v) is 4.58. The van der Waals surface area contributed by atoms with Crippen LogP contribution in [0.25, 0.3) is 0 Å². The molecule has 0 radical (unpaired) electrons. The number of hydrogen-bond donors (Lipinski definition) is 0. The molecule has 0 amide bonds. The van der Waals surface area contributed by atoms with Crippen molar-refractivity contribution in [1.82, 2.24) is 4.90 Å². The smallest absolute Gasteiger partial charge is 0.134 e. The number of carbonyl (C=O) groups is 1. The van der Waals surface area contributed by atoms with Gasteiger partial charge in [0.15, 0.2) is 0 Å². The number of rotatable bonds is 4. The highest BCUT2D eigenvalue weighted by molar-refractivity contribution is 5.78. The lowest BCUT2D eigenvalue weighted by Crippen LogP contribution is -2.35. The third-order valence-electron chi connectivity index (χ3n) is 2.99. The molecule has 1 aromatic carbocycles. The first kappa shape index (κ1) is 12.3. The summed E-state index contributed by atoms with van der Waals surface area (Å²) in [5.74, 6) is 0.214. The maximum absolute atomic E-state index is 11.0. The van der Waals surface area contributed by atoms with Crippen LogP contribution in [-0.4, -0.2) is 37.0 Å². The van der Waals surface area contributed by atoms with Gasteiger partial charge in [0.1, 0.15) is 5.78 Å². The molecule has 3 heteroatoms. The topological polar surface area (TPSA) is 29.5 Å². The fraction of sp³-hybridized carbons (Fsp3) is 0.500. The SMILES string of the molecule is CC(=O)Cc1ccc(CN2CCOCC2)cc1. The first-order valence-electron chi connectivity index (χ1n) is 6.11. The standard InChI is InChI=1S/C14H19NO2/c1-12(16)10-13-2-4-14(5-3-13)11-15-6-8-17-9-7-15/h2-5H,6-11H2,1H3. The van der Waals surface area contributed by atoms with E-state index >= 15 is 0 Å². The van der Waals surface area contributed by atoms with Gasteiger partial charge in [-0.3, -0.25) is 9.69 Å². The number of benzene rings is 1. The second-order valence-electron chi connectivity index (χ2n) is 4.58. The molecule has 0 spiro atoms. The molecule has 17 heavy (non-hydrogen) atoms. The summed E-state index contributed by atoms with van der Waals surface area (Å²) in [6.45, 7) is 6.29. The van der Waals surface area contributed by atoms with Crippen molar-refractivity contribution in [3.05, 3.63) is 35.4 Å². The number of Topliss-reactive ketones (excluding diaryl/α,β-unsaturated/α-hetero) is 1. The molecule has 1 fully saturated rings. The van der Waals surface area contributed by atoms with Crippen LogP contribution in [0.3, 0.4) is 0 Å². The van der Waals surface area contributed by atoms with E-state index in [1.807, 2.05) is 0 Å². The van der Waals surface area contributed by atoms with Gasteiger partial charge in [0, 0.05) is 26.1 Å². The van der Waals surface area contributed by atoms with Crippen LogP contribution in [0.4, 0.5) is 0 Å². The normalized spacial score (nSPS) is 17.0. The molecule has 1 saturated heterocycles. The second kappa shape index (κ2) is 5.94. The maximum Gasteiger partial charge on any atom is 0.134 e. The third kappa shape index (κ3) is 3.95. The molecule has 1 heterocycles. The van der Waals surface area contributed by atoms with Gasteiger partial charge in [0.05, 0.1) is 13.2 Å². The van der Waals surface area contributed by atoms with Crippen LogP contribution >= 0.6 is 0 Å². The predicted molar refractivity (Wildman–Crippen MR) is 66.9 cm³/mol. The van der Waals surface area contributed by atoms with E-state index in [0.717, 1.165) is 38.4 Å². The molecule has 0 unspecified atom stereocenters. The van der Waals surface area contributed by atoms with Gasteiger partial charge in [-0.1, -0.05) is 24.3 Å². The molecule has 3 nitrogen and oxygen atoms in total. The van der Waals surface area contributed by atoms with Crippen molar-refractivity contribution in [3.8, 4) is 0 Å². The molecule has 0 saturated carbocycles. The van der Waals surface area contributed by atoms with Crippen LogP contribution < -0.4 is 0 Å². The minimum atomic E-state index is 0.214. The molecule has 1 aromatic rings. The van der Waals surface area contributed by atoms with E-state index in [1.54, 1.807) is 6.92 Å². The molecular weight excluding hydrogens is 214 g/mol. The zero-order valence-corrected chi connectivity index (χ0v) is 10.3. The number of morpholine rings is 1. The number of carbonyl (C=O) groups excluding carboxylic acids is 1. The van der Waals surface area contributed by atoms with Gasteiger partial charge in [-0.15, -0.1) is 0 Å². The zero-order valence-electron chi connectivity index (χ0n) is 10.3. The summed E-state index contributed by atoms with van der Waals surface area (Å²) in [6.07, 6.45) is 0.540. The van der Waals surface area contributed by atoms with Crippen LogP contribution in [-0.2, 0) is 22.5 Å². The van der Waals surface area contributed by atoms with Crippen molar-refractivity contribution in [1.29, 1.82) is 0 Å². The molecule has 0 atom stereocenters. The van der Waals surface area contributed by atoms with E-state index in [1.165, 1.54) is 5.56 Å². The highest BCUT2D eigenvalue weighted by Crippen LogP contribution is 2.09. The largest absolute Gasteiger partial charge is 0.379 e. The molecule has 1 aliphatic rings. The highest BCUT2D eigenvalue weighted by Gasteiger charge is 2.10.